The molecule has 1 aliphatic carbocycles. The number of hydrogen-bond donors (Lipinski definition) is 0. The summed E-state index contributed by atoms with van der Waals surface area (Å²) in [4.78, 5) is 8.54. The zero-order chi connectivity index (χ0) is 13.3. The van der Waals surface area contributed by atoms with E-state index in [4.69, 9.17) is 0 Å². The second kappa shape index (κ2) is 7.36. The van der Waals surface area contributed by atoms with Gasteiger partial charge in [-0.05, 0) is 37.8 Å². The van der Waals surface area contributed by atoms with Crippen LogP contribution in [0.3, 0.4) is 0 Å². The smallest absolute Gasteiger partial charge is 0.100 e. The Kier molecular flexibility index (Phi) is 5.17. The van der Waals surface area contributed by atoms with Crippen LogP contribution in [0.15, 0.2) is 51.6 Å². The first-order chi connectivity index (χ1) is 9.40. The Hall–Kier alpha value is -2.10. The monoisotopic (exact) mass is 250 g/mol. The van der Waals surface area contributed by atoms with Crippen molar-refractivity contribution in [3.8, 4) is 11.8 Å². The van der Waals surface area contributed by atoms with E-state index in [0.717, 1.165) is 43.5 Å². The number of benzene rings is 1. The summed E-state index contributed by atoms with van der Waals surface area (Å²) in [5, 5.41) is 0. The number of aliphatic imine (C=N–C) groups is 2. The van der Waals surface area contributed by atoms with E-state index in [-0.39, 0.29) is 0 Å². The van der Waals surface area contributed by atoms with E-state index in [9.17, 15) is 0 Å². The molecular weight excluding hydrogens is 232 g/mol. The minimum Gasteiger partial charge on any atom is -0.191 e. The van der Waals surface area contributed by atoms with Gasteiger partial charge in [-0.2, -0.15) is 9.98 Å². The summed E-state index contributed by atoms with van der Waals surface area (Å²) >= 11 is 0. The van der Waals surface area contributed by atoms with E-state index in [1.807, 2.05) is 30.3 Å². The normalized spacial score (nSPS) is 13.5. The van der Waals surface area contributed by atoms with E-state index in [1.165, 1.54) is 5.57 Å². The molecule has 0 unspecified atom stereocenters. The third kappa shape index (κ3) is 4.25. The van der Waals surface area contributed by atoms with Gasteiger partial charge in [-0.3, -0.25) is 0 Å². The molecule has 1 aromatic carbocycles. The lowest BCUT2D eigenvalue weighted by Crippen LogP contribution is -1.77. The topological polar surface area (TPSA) is 24.7 Å². The van der Waals surface area contributed by atoms with Crippen molar-refractivity contribution in [2.45, 2.75) is 39.0 Å². The summed E-state index contributed by atoms with van der Waals surface area (Å²) in [6, 6.07) is 12.5. The molecule has 0 aromatic heterocycles. The fourth-order valence-electron chi connectivity index (χ4n) is 1.93. The fourth-order valence-corrected chi connectivity index (χ4v) is 1.93. The number of hydrogen-bond acceptors (Lipinski definition) is 2. The molecule has 1 aromatic rings. The molecule has 96 valence electrons. The quantitative estimate of drug-likeness (QED) is 0.547. The van der Waals surface area contributed by atoms with Crippen molar-refractivity contribution in [1.82, 2.24) is 0 Å². The lowest BCUT2D eigenvalue weighted by atomic mass is 10.2. The molecule has 1 aliphatic rings. The zero-order valence-corrected chi connectivity index (χ0v) is 11.3. The predicted molar refractivity (Wildman–Crippen MR) is 79.5 cm³/mol. The van der Waals surface area contributed by atoms with Gasteiger partial charge in [0, 0.05) is 12.0 Å². The van der Waals surface area contributed by atoms with Crippen molar-refractivity contribution in [1.29, 1.82) is 0 Å². The molecule has 2 nitrogen and oxygen atoms in total. The van der Waals surface area contributed by atoms with Gasteiger partial charge in [0.15, 0.2) is 0 Å². The highest BCUT2D eigenvalue weighted by atomic mass is 14.8. The summed E-state index contributed by atoms with van der Waals surface area (Å²) < 4.78 is 0. The first kappa shape index (κ1) is 13.3. The molecule has 0 fully saturated rings. The highest BCUT2D eigenvalue weighted by Crippen LogP contribution is 2.26. The summed E-state index contributed by atoms with van der Waals surface area (Å²) in [5.74, 6) is 6.42. The Morgan fingerprint density at radius 3 is 2.74 bits per heavy atom. The highest BCUT2D eigenvalue weighted by Gasteiger charge is 2.11. The average Bonchev–Trinajstić information content (AvgIpc) is 2.88. The Balaban J connectivity index is 2.11. The maximum Gasteiger partial charge on any atom is 0.100 e. The first-order valence-electron chi connectivity index (χ1n) is 6.82. The summed E-state index contributed by atoms with van der Waals surface area (Å²) in [7, 11) is 0. The maximum absolute atomic E-state index is 4.34. The van der Waals surface area contributed by atoms with Gasteiger partial charge in [0.05, 0.1) is 11.4 Å². The van der Waals surface area contributed by atoms with Gasteiger partial charge >= 0.3 is 0 Å². The minimum atomic E-state index is 0.878. The van der Waals surface area contributed by atoms with Crippen molar-refractivity contribution in [2.24, 2.45) is 9.98 Å². The van der Waals surface area contributed by atoms with Gasteiger partial charge in [-0.1, -0.05) is 37.0 Å². The predicted octanol–water partition coefficient (Wildman–Crippen LogP) is 4.73. The second-order valence-electron chi connectivity index (χ2n) is 4.49. The molecule has 0 radical (unpaired) electrons. The van der Waals surface area contributed by atoms with Crippen LogP contribution in [-0.2, 0) is 0 Å². The standard InChI is InChI=1S/C17H18N2/c1-2-3-5-9-15-10-8-13-17(15)19-14-18-16-11-6-4-7-12-16/h4,6-7,11-12H,2-3,8,10,13H2,1H3. The van der Waals surface area contributed by atoms with E-state index in [1.54, 1.807) is 0 Å². The number of unbranched alkanes of at least 4 members (excludes halogenated alkanes) is 1. The molecule has 0 saturated carbocycles. The lowest BCUT2D eigenvalue weighted by molar-refractivity contribution is 0.896. The Labute approximate surface area is 115 Å². The van der Waals surface area contributed by atoms with Gasteiger partial charge < -0.3 is 0 Å². The summed E-state index contributed by atoms with van der Waals surface area (Å²) in [6.07, 6.45) is 5.24. The molecule has 2 rings (SSSR count). The molecule has 0 amide bonds. The van der Waals surface area contributed by atoms with E-state index >= 15 is 0 Å². The van der Waals surface area contributed by atoms with E-state index < -0.39 is 0 Å². The molecule has 0 saturated heterocycles. The molecular formula is C17H18N2. The van der Waals surface area contributed by atoms with Gasteiger partial charge in [-0.15, -0.1) is 0 Å². The van der Waals surface area contributed by atoms with Crippen LogP contribution in [0.2, 0.25) is 0 Å². The van der Waals surface area contributed by atoms with Crippen LogP contribution in [0.1, 0.15) is 39.0 Å². The van der Waals surface area contributed by atoms with Gasteiger partial charge in [0.2, 0.25) is 0 Å². The molecule has 19 heavy (non-hydrogen) atoms. The van der Waals surface area contributed by atoms with Crippen LogP contribution in [-0.4, -0.2) is 6.01 Å². The van der Waals surface area contributed by atoms with Crippen LogP contribution < -0.4 is 0 Å². The van der Waals surface area contributed by atoms with Crippen molar-refractivity contribution < 1.29 is 0 Å². The van der Waals surface area contributed by atoms with Gasteiger partial charge in [0.1, 0.15) is 6.01 Å². The number of para-hydroxylation sites is 1. The number of allylic oxidation sites excluding steroid dienone is 2. The summed E-state index contributed by atoms with van der Waals surface area (Å²) in [5.41, 5.74) is 3.11. The third-order valence-corrected chi connectivity index (χ3v) is 2.92. The van der Waals surface area contributed by atoms with E-state index in [2.05, 4.69) is 34.8 Å². The molecule has 2 heteroatoms. The molecule has 0 bridgehead atoms. The van der Waals surface area contributed by atoms with Crippen molar-refractivity contribution in [2.75, 3.05) is 0 Å². The fraction of sp³-hybridized carbons (Fsp3) is 0.353. The average molecular weight is 250 g/mol. The van der Waals surface area contributed by atoms with Crippen LogP contribution >= 0.6 is 0 Å². The van der Waals surface area contributed by atoms with Gasteiger partial charge in [-0.25, -0.2) is 0 Å². The lowest BCUT2D eigenvalue weighted by Gasteiger charge is -1.91. The van der Waals surface area contributed by atoms with Crippen LogP contribution in [0.25, 0.3) is 0 Å². The SMILES string of the molecule is CCCC#CC1=C(N=C=Nc2ccccc2)CCC1. The Bertz CT molecular complexity index is 564. The number of rotatable bonds is 3. The zero-order valence-electron chi connectivity index (χ0n) is 11.3. The molecule has 0 spiro atoms. The Morgan fingerprint density at radius 1 is 1.11 bits per heavy atom. The molecule has 0 aliphatic heterocycles. The second-order valence-corrected chi connectivity index (χ2v) is 4.49. The van der Waals surface area contributed by atoms with Crippen LogP contribution in [0, 0.1) is 11.8 Å². The highest BCUT2D eigenvalue weighted by molar-refractivity contribution is 5.54. The van der Waals surface area contributed by atoms with Crippen LogP contribution in [0.5, 0.6) is 0 Å². The molecule has 0 N–H and O–H groups in total. The van der Waals surface area contributed by atoms with Crippen LogP contribution in [0.4, 0.5) is 5.69 Å². The molecule has 0 heterocycles. The largest absolute Gasteiger partial charge is 0.191 e. The van der Waals surface area contributed by atoms with E-state index in [0.29, 0.717) is 0 Å². The minimum absolute atomic E-state index is 0.878. The van der Waals surface area contributed by atoms with Crippen molar-refractivity contribution in [3.05, 3.63) is 41.6 Å². The Morgan fingerprint density at radius 2 is 1.95 bits per heavy atom. The number of nitrogens with zero attached hydrogens (tertiary/aromatic N) is 2. The van der Waals surface area contributed by atoms with Gasteiger partial charge in [0.25, 0.3) is 0 Å². The third-order valence-electron chi connectivity index (χ3n) is 2.92. The first-order valence-corrected chi connectivity index (χ1v) is 6.82. The molecule has 0 atom stereocenters. The summed E-state index contributed by atoms with van der Waals surface area (Å²) in [6.45, 7) is 2.14. The van der Waals surface area contributed by atoms with Crippen molar-refractivity contribution in [3.63, 3.8) is 0 Å². The van der Waals surface area contributed by atoms with Crippen molar-refractivity contribution >= 4 is 11.7 Å². The maximum atomic E-state index is 4.34.